The number of carbonyl (C=O) groups excluding carboxylic acids is 2. The number of sulfonamides is 1. The summed E-state index contributed by atoms with van der Waals surface area (Å²) >= 11 is 3.46. The molecule has 0 aromatic heterocycles. The number of nitrogens with one attached hydrogen (secondary N) is 1. The Morgan fingerprint density at radius 3 is 2.33 bits per heavy atom. The number of benzene rings is 2. The predicted octanol–water partition coefficient (Wildman–Crippen LogP) is 4.81. The molecular formula is C27H36BrN3O4S. The smallest absolute Gasteiger partial charge is 0.244 e. The molecule has 2 aromatic rings. The molecule has 2 aromatic carbocycles. The SMILES string of the molecule is CC(C)c1ccccc1N(CC(=O)N(Cc1cccc(Br)c1)[C@@H](C)C(=O)NC1CCCC1)S(C)(=O)=O. The fourth-order valence-corrected chi connectivity index (χ4v) is 5.92. The molecule has 0 heterocycles. The van der Waals surface area contributed by atoms with Crippen molar-refractivity contribution in [3.63, 3.8) is 0 Å². The van der Waals surface area contributed by atoms with Gasteiger partial charge in [0.25, 0.3) is 0 Å². The Morgan fingerprint density at radius 1 is 1.06 bits per heavy atom. The minimum atomic E-state index is -3.77. The topological polar surface area (TPSA) is 86.8 Å². The molecule has 1 aliphatic rings. The van der Waals surface area contributed by atoms with Gasteiger partial charge in [-0.25, -0.2) is 8.42 Å². The first-order chi connectivity index (χ1) is 17.0. The molecule has 1 aliphatic carbocycles. The van der Waals surface area contributed by atoms with E-state index in [4.69, 9.17) is 0 Å². The lowest BCUT2D eigenvalue weighted by Gasteiger charge is -2.33. The average molecular weight is 579 g/mol. The molecule has 9 heteroatoms. The Bertz CT molecular complexity index is 1180. The molecule has 0 spiro atoms. The maximum atomic E-state index is 13.8. The first-order valence-corrected chi connectivity index (χ1v) is 15.0. The third-order valence-corrected chi connectivity index (χ3v) is 8.24. The van der Waals surface area contributed by atoms with Crippen molar-refractivity contribution in [2.45, 2.75) is 71.0 Å². The number of hydrogen-bond acceptors (Lipinski definition) is 4. The summed E-state index contributed by atoms with van der Waals surface area (Å²) in [6.07, 6.45) is 5.14. The lowest BCUT2D eigenvalue weighted by molar-refractivity contribution is -0.139. The van der Waals surface area contributed by atoms with Crippen LogP contribution in [0.3, 0.4) is 0 Å². The average Bonchev–Trinajstić information content (AvgIpc) is 3.32. The third-order valence-electron chi connectivity index (χ3n) is 6.62. The van der Waals surface area contributed by atoms with Gasteiger partial charge in [0.1, 0.15) is 12.6 Å². The maximum absolute atomic E-state index is 13.8. The van der Waals surface area contributed by atoms with Crippen molar-refractivity contribution in [1.29, 1.82) is 0 Å². The molecule has 1 N–H and O–H groups in total. The van der Waals surface area contributed by atoms with Gasteiger partial charge in [0, 0.05) is 17.1 Å². The van der Waals surface area contributed by atoms with Crippen LogP contribution in [0, 0.1) is 0 Å². The van der Waals surface area contributed by atoms with Gasteiger partial charge in [0.2, 0.25) is 21.8 Å². The molecule has 0 saturated heterocycles. The largest absolute Gasteiger partial charge is 0.352 e. The van der Waals surface area contributed by atoms with Crippen LogP contribution >= 0.6 is 15.9 Å². The maximum Gasteiger partial charge on any atom is 0.244 e. The summed E-state index contributed by atoms with van der Waals surface area (Å²) in [5.41, 5.74) is 2.15. The molecule has 36 heavy (non-hydrogen) atoms. The van der Waals surface area contributed by atoms with Crippen LogP contribution in [0.5, 0.6) is 0 Å². The molecule has 0 radical (unpaired) electrons. The van der Waals surface area contributed by atoms with Crippen LogP contribution < -0.4 is 9.62 Å². The van der Waals surface area contributed by atoms with Crippen LogP contribution in [0.25, 0.3) is 0 Å². The number of hydrogen-bond donors (Lipinski definition) is 1. The Labute approximate surface area is 223 Å². The Morgan fingerprint density at radius 2 is 1.72 bits per heavy atom. The summed E-state index contributed by atoms with van der Waals surface area (Å²) in [6.45, 7) is 5.46. The fourth-order valence-electron chi connectivity index (χ4n) is 4.60. The van der Waals surface area contributed by atoms with Gasteiger partial charge >= 0.3 is 0 Å². The van der Waals surface area contributed by atoms with E-state index in [2.05, 4.69) is 21.2 Å². The molecule has 1 saturated carbocycles. The third kappa shape index (κ3) is 7.32. The van der Waals surface area contributed by atoms with E-state index in [1.807, 2.05) is 50.2 Å². The zero-order valence-corrected chi connectivity index (χ0v) is 23.8. The van der Waals surface area contributed by atoms with Crippen molar-refractivity contribution in [2.75, 3.05) is 17.1 Å². The van der Waals surface area contributed by atoms with E-state index in [9.17, 15) is 18.0 Å². The van der Waals surface area contributed by atoms with Crippen molar-refractivity contribution >= 4 is 43.5 Å². The van der Waals surface area contributed by atoms with E-state index in [0.717, 1.165) is 51.8 Å². The zero-order valence-electron chi connectivity index (χ0n) is 21.4. The quantitative estimate of drug-likeness (QED) is 0.438. The van der Waals surface area contributed by atoms with Crippen LogP contribution in [-0.2, 0) is 26.2 Å². The van der Waals surface area contributed by atoms with Crippen molar-refractivity contribution in [3.8, 4) is 0 Å². The molecule has 0 unspecified atom stereocenters. The molecule has 1 fully saturated rings. The highest BCUT2D eigenvalue weighted by molar-refractivity contribution is 9.10. The summed E-state index contributed by atoms with van der Waals surface area (Å²) in [5, 5.41) is 3.08. The van der Waals surface area contributed by atoms with Crippen LogP contribution in [0.15, 0.2) is 53.0 Å². The van der Waals surface area contributed by atoms with Crippen molar-refractivity contribution < 1.29 is 18.0 Å². The van der Waals surface area contributed by atoms with Gasteiger partial charge in [-0.2, -0.15) is 0 Å². The molecule has 196 valence electrons. The molecule has 0 bridgehead atoms. The highest BCUT2D eigenvalue weighted by Crippen LogP contribution is 2.29. The lowest BCUT2D eigenvalue weighted by Crippen LogP contribution is -2.52. The highest BCUT2D eigenvalue weighted by Gasteiger charge is 2.32. The van der Waals surface area contributed by atoms with E-state index < -0.39 is 28.5 Å². The number of rotatable bonds is 10. The summed E-state index contributed by atoms with van der Waals surface area (Å²) in [6, 6.07) is 14.1. The summed E-state index contributed by atoms with van der Waals surface area (Å²) in [7, 11) is -3.77. The number of anilines is 1. The van der Waals surface area contributed by atoms with Gasteiger partial charge in [-0.3, -0.25) is 13.9 Å². The Balaban J connectivity index is 1.93. The van der Waals surface area contributed by atoms with Gasteiger partial charge in [-0.05, 0) is 55.0 Å². The Hall–Kier alpha value is -2.39. The summed E-state index contributed by atoms with van der Waals surface area (Å²) in [5.74, 6) is -0.596. The highest BCUT2D eigenvalue weighted by atomic mass is 79.9. The number of carbonyl (C=O) groups is 2. The van der Waals surface area contributed by atoms with Gasteiger partial charge < -0.3 is 10.2 Å². The second kappa shape index (κ2) is 12.2. The normalized spacial score (nSPS) is 15.1. The first kappa shape index (κ1) is 28.2. The number of para-hydroxylation sites is 1. The molecule has 3 rings (SSSR count). The minimum absolute atomic E-state index is 0.0643. The molecule has 1 atom stereocenters. The number of halogens is 1. The van der Waals surface area contributed by atoms with Crippen LogP contribution in [0.1, 0.15) is 63.5 Å². The molecule has 2 amide bonds. The van der Waals surface area contributed by atoms with Gasteiger partial charge in [-0.1, -0.05) is 73.0 Å². The monoisotopic (exact) mass is 577 g/mol. The Kier molecular flexibility index (Phi) is 9.58. The summed E-state index contributed by atoms with van der Waals surface area (Å²) in [4.78, 5) is 28.4. The molecule has 7 nitrogen and oxygen atoms in total. The lowest BCUT2D eigenvalue weighted by atomic mass is 10.0. The summed E-state index contributed by atoms with van der Waals surface area (Å²) < 4.78 is 27.8. The van der Waals surface area contributed by atoms with Gasteiger partial charge in [0.05, 0.1) is 11.9 Å². The minimum Gasteiger partial charge on any atom is -0.352 e. The van der Waals surface area contributed by atoms with Crippen LogP contribution in [0.4, 0.5) is 5.69 Å². The second-order valence-electron chi connectivity index (χ2n) is 9.80. The number of amides is 2. The van der Waals surface area contributed by atoms with Crippen molar-refractivity contribution in [2.24, 2.45) is 0 Å². The van der Waals surface area contributed by atoms with Crippen molar-refractivity contribution in [1.82, 2.24) is 10.2 Å². The standard InChI is InChI=1S/C27H36BrN3O4S/c1-19(2)24-14-7-8-15-25(24)31(36(4,34)35)18-26(32)30(17-21-10-9-11-22(28)16-21)20(3)27(33)29-23-12-5-6-13-23/h7-11,14-16,19-20,23H,5-6,12-13,17-18H2,1-4H3,(H,29,33)/t20-/m0/s1. The van der Waals surface area contributed by atoms with Gasteiger partial charge in [0.15, 0.2) is 0 Å². The van der Waals surface area contributed by atoms with Crippen LogP contribution in [0.2, 0.25) is 0 Å². The molecule has 0 aliphatic heterocycles. The number of nitrogens with zero attached hydrogens (tertiary/aromatic N) is 2. The van der Waals surface area contributed by atoms with E-state index in [1.54, 1.807) is 19.1 Å². The van der Waals surface area contributed by atoms with E-state index in [1.165, 1.54) is 4.90 Å². The van der Waals surface area contributed by atoms with Crippen molar-refractivity contribution in [3.05, 3.63) is 64.1 Å². The van der Waals surface area contributed by atoms with E-state index >= 15 is 0 Å². The zero-order chi connectivity index (χ0) is 26.5. The van der Waals surface area contributed by atoms with Crippen LogP contribution in [-0.4, -0.2) is 50.0 Å². The van der Waals surface area contributed by atoms with Gasteiger partial charge in [-0.15, -0.1) is 0 Å². The van der Waals surface area contributed by atoms with E-state index in [0.29, 0.717) is 5.69 Å². The predicted molar refractivity (Wildman–Crippen MR) is 147 cm³/mol. The molecular weight excluding hydrogens is 542 g/mol. The first-order valence-electron chi connectivity index (χ1n) is 12.4. The second-order valence-corrected chi connectivity index (χ2v) is 12.6. The fraction of sp³-hybridized carbons (Fsp3) is 0.481. The van der Waals surface area contributed by atoms with E-state index in [-0.39, 0.29) is 24.4 Å².